The molecular weight excluding hydrogens is 272 g/mol. The second kappa shape index (κ2) is 7.36. The highest BCUT2D eigenvalue weighted by atomic mass is 35.5. The summed E-state index contributed by atoms with van der Waals surface area (Å²) in [6.45, 7) is 4.71. The standard InChI is InChI=1S/C16H21ClN2O/c1-3-8-18-11-13-6-7-14(10-16(13)17)19(2)12-15-5-4-9-20-15/h4-7,9-10,18H,3,8,11-12H2,1-2H3. The molecule has 0 radical (unpaired) electrons. The van der Waals surface area contributed by atoms with Crippen LogP contribution >= 0.6 is 11.6 Å². The highest BCUT2D eigenvalue weighted by Crippen LogP contribution is 2.24. The molecule has 0 aliphatic rings. The Morgan fingerprint density at radius 2 is 2.15 bits per heavy atom. The molecule has 2 rings (SSSR count). The number of nitrogens with zero attached hydrogens (tertiary/aromatic N) is 1. The average Bonchev–Trinajstić information content (AvgIpc) is 2.93. The van der Waals surface area contributed by atoms with Gasteiger partial charge in [-0.3, -0.25) is 0 Å². The van der Waals surface area contributed by atoms with Crippen molar-refractivity contribution in [1.82, 2.24) is 5.32 Å². The van der Waals surface area contributed by atoms with Crippen molar-refractivity contribution in [1.29, 1.82) is 0 Å². The van der Waals surface area contributed by atoms with Crippen LogP contribution in [0.3, 0.4) is 0 Å². The molecule has 0 bridgehead atoms. The highest BCUT2D eigenvalue weighted by molar-refractivity contribution is 6.31. The van der Waals surface area contributed by atoms with E-state index in [1.807, 2.05) is 25.2 Å². The quantitative estimate of drug-likeness (QED) is 0.780. The van der Waals surface area contributed by atoms with Gasteiger partial charge in [0.2, 0.25) is 0 Å². The second-order valence-electron chi connectivity index (χ2n) is 4.89. The molecule has 0 aliphatic carbocycles. The molecular formula is C16H21ClN2O. The first-order valence-electron chi connectivity index (χ1n) is 6.93. The largest absolute Gasteiger partial charge is 0.467 e. The Bertz CT molecular complexity index is 525. The van der Waals surface area contributed by atoms with Gasteiger partial charge >= 0.3 is 0 Å². The molecule has 1 heterocycles. The molecule has 20 heavy (non-hydrogen) atoms. The Labute approximate surface area is 125 Å². The summed E-state index contributed by atoms with van der Waals surface area (Å²) in [6.07, 6.45) is 2.82. The molecule has 1 aromatic carbocycles. The van der Waals surface area contributed by atoms with Crippen LogP contribution in [0.1, 0.15) is 24.7 Å². The predicted molar refractivity (Wildman–Crippen MR) is 84.3 cm³/mol. The maximum absolute atomic E-state index is 6.34. The van der Waals surface area contributed by atoms with Crippen LogP contribution < -0.4 is 10.2 Å². The average molecular weight is 293 g/mol. The van der Waals surface area contributed by atoms with Crippen molar-refractivity contribution in [2.45, 2.75) is 26.4 Å². The fraction of sp³-hybridized carbons (Fsp3) is 0.375. The molecule has 108 valence electrons. The number of halogens is 1. The van der Waals surface area contributed by atoms with Crippen LogP contribution in [0.4, 0.5) is 5.69 Å². The lowest BCUT2D eigenvalue weighted by Crippen LogP contribution is -2.17. The molecule has 0 spiro atoms. The Morgan fingerprint density at radius 1 is 1.30 bits per heavy atom. The minimum Gasteiger partial charge on any atom is -0.467 e. The molecule has 0 fully saturated rings. The molecule has 4 heteroatoms. The van der Waals surface area contributed by atoms with Crippen molar-refractivity contribution in [2.24, 2.45) is 0 Å². The van der Waals surface area contributed by atoms with Gasteiger partial charge in [-0.05, 0) is 42.8 Å². The Balaban J connectivity index is 2.00. The zero-order chi connectivity index (χ0) is 14.4. The molecule has 1 aromatic heterocycles. The number of rotatable bonds is 7. The topological polar surface area (TPSA) is 28.4 Å². The Hall–Kier alpha value is -1.45. The number of furan rings is 1. The number of nitrogens with one attached hydrogen (secondary N) is 1. The van der Waals surface area contributed by atoms with Crippen molar-refractivity contribution in [3.8, 4) is 0 Å². The minimum absolute atomic E-state index is 0.733. The first-order chi connectivity index (χ1) is 9.70. The number of hydrogen-bond acceptors (Lipinski definition) is 3. The summed E-state index contributed by atoms with van der Waals surface area (Å²) in [5.41, 5.74) is 2.22. The third-order valence-electron chi connectivity index (χ3n) is 3.19. The SMILES string of the molecule is CCCNCc1ccc(N(C)Cc2ccco2)cc1Cl. The third kappa shape index (κ3) is 4.02. The normalized spacial score (nSPS) is 10.8. The van der Waals surface area contributed by atoms with Crippen LogP contribution in [0.2, 0.25) is 5.02 Å². The summed E-state index contributed by atoms with van der Waals surface area (Å²) in [5, 5.41) is 4.17. The van der Waals surface area contributed by atoms with Gasteiger partial charge < -0.3 is 14.6 Å². The van der Waals surface area contributed by atoms with Crippen LogP contribution in [0.25, 0.3) is 0 Å². The number of benzene rings is 1. The summed E-state index contributed by atoms with van der Waals surface area (Å²) in [6, 6.07) is 10.1. The molecule has 0 saturated carbocycles. The van der Waals surface area contributed by atoms with Crippen LogP contribution in [-0.2, 0) is 13.1 Å². The minimum atomic E-state index is 0.733. The van der Waals surface area contributed by atoms with Gasteiger partial charge in [-0.25, -0.2) is 0 Å². The van der Waals surface area contributed by atoms with Gasteiger partial charge in [0.1, 0.15) is 5.76 Å². The zero-order valence-corrected chi connectivity index (χ0v) is 12.8. The maximum Gasteiger partial charge on any atom is 0.123 e. The first-order valence-corrected chi connectivity index (χ1v) is 7.31. The highest BCUT2D eigenvalue weighted by Gasteiger charge is 2.07. The van der Waals surface area contributed by atoms with Gasteiger partial charge in [0.15, 0.2) is 0 Å². The van der Waals surface area contributed by atoms with Crippen LogP contribution in [0.5, 0.6) is 0 Å². The monoisotopic (exact) mass is 292 g/mol. The van der Waals surface area contributed by atoms with Gasteiger partial charge in [0, 0.05) is 24.3 Å². The summed E-state index contributed by atoms with van der Waals surface area (Å²) >= 11 is 6.34. The third-order valence-corrected chi connectivity index (χ3v) is 3.54. The van der Waals surface area contributed by atoms with E-state index < -0.39 is 0 Å². The smallest absolute Gasteiger partial charge is 0.123 e. The van der Waals surface area contributed by atoms with Crippen LogP contribution in [-0.4, -0.2) is 13.6 Å². The van der Waals surface area contributed by atoms with Gasteiger partial charge in [0.25, 0.3) is 0 Å². The Kier molecular flexibility index (Phi) is 5.50. The molecule has 2 aromatic rings. The lowest BCUT2D eigenvalue weighted by atomic mass is 10.2. The summed E-state index contributed by atoms with van der Waals surface area (Å²) < 4.78 is 5.36. The van der Waals surface area contributed by atoms with E-state index >= 15 is 0 Å². The lowest BCUT2D eigenvalue weighted by Gasteiger charge is -2.19. The van der Waals surface area contributed by atoms with E-state index in [0.717, 1.165) is 48.1 Å². The summed E-state index contributed by atoms with van der Waals surface area (Å²) in [7, 11) is 2.03. The van der Waals surface area contributed by atoms with Gasteiger partial charge in [-0.2, -0.15) is 0 Å². The summed E-state index contributed by atoms with van der Waals surface area (Å²) in [4.78, 5) is 2.12. The van der Waals surface area contributed by atoms with Gasteiger partial charge in [0.05, 0.1) is 12.8 Å². The maximum atomic E-state index is 6.34. The van der Waals surface area contributed by atoms with Crippen molar-refractivity contribution in [3.63, 3.8) is 0 Å². The van der Waals surface area contributed by atoms with Crippen molar-refractivity contribution in [2.75, 3.05) is 18.5 Å². The van der Waals surface area contributed by atoms with Gasteiger partial charge in [-0.15, -0.1) is 0 Å². The molecule has 0 atom stereocenters. The summed E-state index contributed by atoms with van der Waals surface area (Å²) in [5.74, 6) is 0.942. The van der Waals surface area contributed by atoms with E-state index in [0.29, 0.717) is 0 Å². The first kappa shape index (κ1) is 14.9. The molecule has 0 amide bonds. The fourth-order valence-electron chi connectivity index (χ4n) is 2.04. The number of hydrogen-bond donors (Lipinski definition) is 1. The molecule has 0 saturated heterocycles. The lowest BCUT2D eigenvalue weighted by molar-refractivity contribution is 0.507. The fourth-order valence-corrected chi connectivity index (χ4v) is 2.29. The van der Waals surface area contributed by atoms with E-state index in [2.05, 4.69) is 29.3 Å². The van der Waals surface area contributed by atoms with E-state index in [1.165, 1.54) is 0 Å². The van der Waals surface area contributed by atoms with E-state index in [4.69, 9.17) is 16.0 Å². The van der Waals surface area contributed by atoms with Crippen molar-refractivity contribution in [3.05, 3.63) is 52.9 Å². The predicted octanol–water partition coefficient (Wildman–Crippen LogP) is 4.07. The van der Waals surface area contributed by atoms with E-state index in [9.17, 15) is 0 Å². The zero-order valence-electron chi connectivity index (χ0n) is 12.0. The molecule has 1 N–H and O–H groups in total. The number of anilines is 1. The van der Waals surface area contributed by atoms with E-state index in [1.54, 1.807) is 6.26 Å². The Morgan fingerprint density at radius 3 is 2.80 bits per heavy atom. The molecule has 3 nitrogen and oxygen atoms in total. The molecule has 0 aliphatic heterocycles. The van der Waals surface area contributed by atoms with Crippen LogP contribution in [0.15, 0.2) is 41.0 Å². The van der Waals surface area contributed by atoms with Crippen LogP contribution in [0, 0.1) is 0 Å². The second-order valence-corrected chi connectivity index (χ2v) is 5.30. The van der Waals surface area contributed by atoms with E-state index in [-0.39, 0.29) is 0 Å². The van der Waals surface area contributed by atoms with Gasteiger partial charge in [-0.1, -0.05) is 24.6 Å². The van der Waals surface area contributed by atoms with Crippen molar-refractivity contribution < 1.29 is 4.42 Å². The van der Waals surface area contributed by atoms with Crippen molar-refractivity contribution >= 4 is 17.3 Å². The molecule has 0 unspecified atom stereocenters.